The number of nitrogens with one attached hydrogen (secondary N) is 2. The molecule has 0 saturated carbocycles. The molecule has 3 rings (SSSR count). The monoisotopic (exact) mass is 325 g/mol. The highest BCUT2D eigenvalue weighted by atomic mass is 32.2. The average molecular weight is 325 g/mol. The maximum atomic E-state index is 12.5. The van der Waals surface area contributed by atoms with Crippen LogP contribution < -0.4 is 4.72 Å². The van der Waals surface area contributed by atoms with Crippen molar-refractivity contribution in [1.82, 2.24) is 20.0 Å². The number of hydrogen-bond donors (Lipinski definition) is 2. The molecule has 8 nitrogen and oxygen atoms in total. The van der Waals surface area contributed by atoms with E-state index in [9.17, 15) is 8.42 Å². The Labute approximate surface area is 128 Å². The van der Waals surface area contributed by atoms with Gasteiger partial charge in [0, 0.05) is 19.4 Å². The molecule has 0 bridgehead atoms. The van der Waals surface area contributed by atoms with Crippen LogP contribution in [0.2, 0.25) is 0 Å². The largest absolute Gasteiger partial charge is 0.381 e. The number of hydrogen-bond acceptors (Lipinski definition) is 5. The highest BCUT2D eigenvalue weighted by molar-refractivity contribution is 7.92. The Kier molecular flexibility index (Phi) is 3.92. The van der Waals surface area contributed by atoms with E-state index in [1.165, 1.54) is 6.20 Å². The van der Waals surface area contributed by atoms with Crippen LogP contribution in [-0.2, 0) is 14.8 Å². The van der Waals surface area contributed by atoms with Crippen molar-refractivity contribution in [2.24, 2.45) is 0 Å². The van der Waals surface area contributed by atoms with Gasteiger partial charge in [-0.2, -0.15) is 10.2 Å². The Hall–Kier alpha value is -1.87. The third kappa shape index (κ3) is 2.86. The molecule has 0 amide bonds. The summed E-state index contributed by atoms with van der Waals surface area (Å²) in [6, 6.07) is 0.254. The Morgan fingerprint density at radius 2 is 2.09 bits per heavy atom. The van der Waals surface area contributed by atoms with Crippen molar-refractivity contribution in [3.63, 3.8) is 0 Å². The number of sulfonamides is 1. The normalized spacial score (nSPS) is 16.8. The summed E-state index contributed by atoms with van der Waals surface area (Å²) in [5, 5.41) is 10.9. The van der Waals surface area contributed by atoms with Crippen LogP contribution in [0.1, 0.15) is 30.3 Å². The van der Waals surface area contributed by atoms with Gasteiger partial charge in [0.25, 0.3) is 10.0 Å². The molecule has 1 saturated heterocycles. The summed E-state index contributed by atoms with van der Waals surface area (Å²) in [5.41, 5.74) is 1.41. The molecule has 1 aliphatic rings. The zero-order valence-corrected chi connectivity index (χ0v) is 13.4. The summed E-state index contributed by atoms with van der Waals surface area (Å²) in [6.45, 7) is 4.75. The molecule has 2 aromatic heterocycles. The van der Waals surface area contributed by atoms with Gasteiger partial charge in [-0.25, -0.2) is 8.42 Å². The minimum atomic E-state index is -3.67. The van der Waals surface area contributed by atoms with E-state index in [1.807, 2.05) is 0 Å². The van der Waals surface area contributed by atoms with Crippen molar-refractivity contribution < 1.29 is 13.2 Å². The summed E-state index contributed by atoms with van der Waals surface area (Å²) in [6.07, 6.45) is 5.01. The Morgan fingerprint density at radius 3 is 2.73 bits per heavy atom. The third-order valence-electron chi connectivity index (χ3n) is 3.75. The van der Waals surface area contributed by atoms with E-state index in [1.54, 1.807) is 24.7 Å². The number of nitrogens with zero attached hydrogens (tertiary/aromatic N) is 3. The second-order valence-electron chi connectivity index (χ2n) is 5.42. The topological polar surface area (TPSA) is 102 Å². The lowest BCUT2D eigenvalue weighted by Crippen LogP contribution is -2.20. The smallest absolute Gasteiger partial charge is 0.265 e. The zero-order valence-electron chi connectivity index (χ0n) is 12.5. The van der Waals surface area contributed by atoms with Crippen LogP contribution >= 0.6 is 0 Å². The van der Waals surface area contributed by atoms with Gasteiger partial charge in [0.05, 0.1) is 29.3 Å². The number of aromatic amines is 1. The lowest BCUT2D eigenvalue weighted by atomic mass is 10.1. The second-order valence-corrected chi connectivity index (χ2v) is 7.04. The first-order valence-corrected chi connectivity index (χ1v) is 8.62. The Morgan fingerprint density at radius 1 is 1.36 bits per heavy atom. The molecule has 1 fully saturated rings. The Balaban J connectivity index is 1.80. The first-order valence-electron chi connectivity index (χ1n) is 7.13. The van der Waals surface area contributed by atoms with E-state index in [2.05, 4.69) is 20.0 Å². The molecule has 0 unspecified atom stereocenters. The van der Waals surface area contributed by atoms with Crippen molar-refractivity contribution in [2.75, 3.05) is 17.9 Å². The van der Waals surface area contributed by atoms with Gasteiger partial charge < -0.3 is 4.74 Å². The van der Waals surface area contributed by atoms with Crippen molar-refractivity contribution in [3.05, 3.63) is 23.8 Å². The first kappa shape index (κ1) is 15.0. The molecule has 2 N–H and O–H groups in total. The van der Waals surface area contributed by atoms with Gasteiger partial charge in [0.15, 0.2) is 0 Å². The predicted molar refractivity (Wildman–Crippen MR) is 80.2 cm³/mol. The average Bonchev–Trinajstić information content (AvgIpc) is 3.06. The summed E-state index contributed by atoms with van der Waals surface area (Å²) in [7, 11) is -3.67. The van der Waals surface area contributed by atoms with Gasteiger partial charge in [0.1, 0.15) is 4.90 Å². The summed E-state index contributed by atoms with van der Waals surface area (Å²) in [4.78, 5) is 0.186. The summed E-state index contributed by atoms with van der Waals surface area (Å²) in [5.74, 6) is 0. The quantitative estimate of drug-likeness (QED) is 0.884. The number of H-pyrrole nitrogens is 1. The minimum absolute atomic E-state index is 0.186. The van der Waals surface area contributed by atoms with Crippen LogP contribution in [0.4, 0.5) is 5.69 Å². The van der Waals surface area contributed by atoms with Gasteiger partial charge >= 0.3 is 0 Å². The third-order valence-corrected chi connectivity index (χ3v) is 5.39. The number of ether oxygens (including phenoxy) is 1. The molecule has 120 valence electrons. The fourth-order valence-electron chi connectivity index (χ4n) is 2.68. The fraction of sp³-hybridized carbons (Fsp3) is 0.538. The lowest BCUT2D eigenvalue weighted by Gasteiger charge is -2.22. The maximum Gasteiger partial charge on any atom is 0.265 e. The molecular weight excluding hydrogens is 306 g/mol. The second kappa shape index (κ2) is 5.73. The van der Waals surface area contributed by atoms with Gasteiger partial charge in [0.2, 0.25) is 0 Å². The van der Waals surface area contributed by atoms with Crippen LogP contribution in [-0.4, -0.2) is 41.6 Å². The highest BCUT2D eigenvalue weighted by Crippen LogP contribution is 2.24. The Bertz CT molecular complexity index is 739. The minimum Gasteiger partial charge on any atom is -0.381 e. The molecular formula is C13H19N5O3S. The standard InChI is InChI=1S/C13H19N5O3S/c1-9-13(10(2)16-15-9)22(19,20)17-11-7-14-18(8-11)12-3-5-21-6-4-12/h7-8,12,17H,3-6H2,1-2H3,(H,15,16). The van der Waals surface area contributed by atoms with E-state index >= 15 is 0 Å². The van der Waals surface area contributed by atoms with Crippen molar-refractivity contribution in [2.45, 2.75) is 37.6 Å². The van der Waals surface area contributed by atoms with Crippen LogP contribution in [0, 0.1) is 13.8 Å². The van der Waals surface area contributed by atoms with Crippen molar-refractivity contribution >= 4 is 15.7 Å². The first-order chi connectivity index (χ1) is 10.5. The number of aryl methyl sites for hydroxylation is 2. The lowest BCUT2D eigenvalue weighted by molar-refractivity contribution is 0.0662. The van der Waals surface area contributed by atoms with Crippen LogP contribution in [0.25, 0.3) is 0 Å². The SMILES string of the molecule is Cc1n[nH]c(C)c1S(=O)(=O)Nc1cnn(C2CCOCC2)c1. The fourth-order valence-corrected chi connectivity index (χ4v) is 4.08. The van der Waals surface area contributed by atoms with E-state index in [-0.39, 0.29) is 10.9 Å². The highest BCUT2D eigenvalue weighted by Gasteiger charge is 2.23. The molecule has 0 radical (unpaired) electrons. The molecule has 0 aromatic carbocycles. The van der Waals surface area contributed by atoms with Crippen LogP contribution in [0.3, 0.4) is 0 Å². The van der Waals surface area contributed by atoms with E-state index in [0.717, 1.165) is 12.8 Å². The molecule has 0 aliphatic carbocycles. The zero-order chi connectivity index (χ0) is 15.7. The van der Waals surface area contributed by atoms with Crippen molar-refractivity contribution in [1.29, 1.82) is 0 Å². The van der Waals surface area contributed by atoms with E-state index < -0.39 is 10.0 Å². The van der Waals surface area contributed by atoms with Gasteiger partial charge in [-0.3, -0.25) is 14.5 Å². The predicted octanol–water partition coefficient (Wildman–Crippen LogP) is 1.38. The molecule has 0 spiro atoms. The van der Waals surface area contributed by atoms with Crippen LogP contribution in [0.5, 0.6) is 0 Å². The van der Waals surface area contributed by atoms with Crippen LogP contribution in [0.15, 0.2) is 17.3 Å². The molecule has 9 heteroatoms. The molecule has 0 atom stereocenters. The van der Waals surface area contributed by atoms with Gasteiger partial charge in [-0.1, -0.05) is 0 Å². The number of aromatic nitrogens is 4. The van der Waals surface area contributed by atoms with E-state index in [0.29, 0.717) is 30.3 Å². The van der Waals surface area contributed by atoms with Gasteiger partial charge in [-0.15, -0.1) is 0 Å². The molecule has 3 heterocycles. The molecule has 22 heavy (non-hydrogen) atoms. The van der Waals surface area contributed by atoms with Gasteiger partial charge in [-0.05, 0) is 26.7 Å². The molecule has 1 aliphatic heterocycles. The maximum absolute atomic E-state index is 12.5. The number of rotatable bonds is 4. The number of anilines is 1. The molecule has 2 aromatic rings. The summed E-state index contributed by atoms with van der Waals surface area (Å²) >= 11 is 0. The summed E-state index contributed by atoms with van der Waals surface area (Å²) < 4.78 is 34.6. The van der Waals surface area contributed by atoms with E-state index in [4.69, 9.17) is 4.74 Å². The van der Waals surface area contributed by atoms with Crippen molar-refractivity contribution in [3.8, 4) is 0 Å².